The molecule has 4 heteroatoms. The van der Waals surface area contributed by atoms with E-state index in [2.05, 4.69) is 73.6 Å². The number of nitrogens with zero attached hydrogens (tertiary/aromatic N) is 2. The van der Waals surface area contributed by atoms with Gasteiger partial charge in [-0.25, -0.2) is 4.98 Å². The van der Waals surface area contributed by atoms with Gasteiger partial charge in [-0.3, -0.25) is 0 Å². The van der Waals surface area contributed by atoms with Crippen LogP contribution in [0.1, 0.15) is 57.6 Å². The number of rotatable bonds is 4. The summed E-state index contributed by atoms with van der Waals surface area (Å²) < 4.78 is 4.43. The van der Waals surface area contributed by atoms with E-state index in [1.165, 1.54) is 22.7 Å². The molecule has 0 saturated heterocycles. The Bertz CT molecular complexity index is 552. The number of aromatic nitrogens is 2. The van der Waals surface area contributed by atoms with E-state index in [1.807, 2.05) is 0 Å². The number of hydrogen-bond acceptors (Lipinski definition) is 4. The van der Waals surface area contributed by atoms with E-state index in [9.17, 15) is 0 Å². The van der Waals surface area contributed by atoms with Gasteiger partial charge in [0.1, 0.15) is 5.82 Å². The Kier molecular flexibility index (Phi) is 4.43. The van der Waals surface area contributed by atoms with Crippen LogP contribution in [-0.4, -0.2) is 9.36 Å². The number of nitrogens with one attached hydrogen (secondary N) is 1. The van der Waals surface area contributed by atoms with Gasteiger partial charge >= 0.3 is 0 Å². The van der Waals surface area contributed by atoms with Crippen LogP contribution in [0.5, 0.6) is 0 Å². The quantitative estimate of drug-likeness (QED) is 0.896. The zero-order valence-electron chi connectivity index (χ0n) is 12.9. The van der Waals surface area contributed by atoms with Crippen molar-refractivity contribution in [1.29, 1.82) is 0 Å². The highest BCUT2D eigenvalue weighted by molar-refractivity contribution is 7.09. The van der Waals surface area contributed by atoms with Gasteiger partial charge in [0.05, 0.1) is 6.04 Å². The first kappa shape index (κ1) is 15.0. The zero-order valence-corrected chi connectivity index (χ0v) is 13.7. The molecule has 0 spiro atoms. The van der Waals surface area contributed by atoms with Crippen LogP contribution in [0.2, 0.25) is 0 Å². The van der Waals surface area contributed by atoms with E-state index < -0.39 is 0 Å². The second kappa shape index (κ2) is 5.92. The lowest BCUT2D eigenvalue weighted by atomic mass is 9.96. The molecule has 1 heterocycles. The largest absolute Gasteiger partial charge is 0.354 e. The van der Waals surface area contributed by atoms with Crippen LogP contribution in [-0.2, 0) is 11.8 Å². The molecule has 0 aliphatic heterocycles. The fourth-order valence-corrected chi connectivity index (χ4v) is 2.74. The van der Waals surface area contributed by atoms with Gasteiger partial charge in [-0.2, -0.15) is 4.37 Å². The molecule has 0 aliphatic carbocycles. The summed E-state index contributed by atoms with van der Waals surface area (Å²) >= 11 is 1.43. The molecule has 1 aromatic carbocycles. The second-order valence-corrected chi connectivity index (χ2v) is 6.89. The maximum atomic E-state index is 4.58. The van der Waals surface area contributed by atoms with Gasteiger partial charge in [-0.15, -0.1) is 0 Å². The first-order valence-electron chi connectivity index (χ1n) is 7.09. The van der Waals surface area contributed by atoms with Gasteiger partial charge in [0.25, 0.3) is 0 Å². The lowest BCUT2D eigenvalue weighted by Gasteiger charge is -2.14. The fraction of sp³-hybridized carbons (Fsp3) is 0.500. The molecule has 2 aromatic rings. The van der Waals surface area contributed by atoms with Crippen LogP contribution in [0.3, 0.4) is 0 Å². The first-order valence-corrected chi connectivity index (χ1v) is 7.87. The highest BCUT2D eigenvalue weighted by atomic mass is 32.1. The van der Waals surface area contributed by atoms with Crippen molar-refractivity contribution in [3.63, 3.8) is 0 Å². The minimum Gasteiger partial charge on any atom is -0.354 e. The summed E-state index contributed by atoms with van der Waals surface area (Å²) in [6.45, 7) is 10.7. The average Bonchev–Trinajstić information content (AvgIpc) is 2.87. The summed E-state index contributed by atoms with van der Waals surface area (Å²) in [5.74, 6) is 0.901. The van der Waals surface area contributed by atoms with Crippen molar-refractivity contribution in [3.8, 4) is 0 Å². The standard InChI is InChI=1S/C16H23N3S/c1-6-12-7-9-13(10-8-12)11(2)17-15-18-14(19-20-15)16(3,4)5/h7-11H,6H2,1-5H3,(H,17,18,19). The van der Waals surface area contributed by atoms with E-state index in [0.29, 0.717) is 0 Å². The van der Waals surface area contributed by atoms with Crippen LogP contribution >= 0.6 is 11.5 Å². The summed E-state index contributed by atoms with van der Waals surface area (Å²) in [6, 6.07) is 8.98. The molecule has 1 aromatic heterocycles. The molecule has 0 bridgehead atoms. The van der Waals surface area contributed by atoms with E-state index >= 15 is 0 Å². The number of anilines is 1. The lowest BCUT2D eigenvalue weighted by molar-refractivity contribution is 0.555. The summed E-state index contributed by atoms with van der Waals surface area (Å²) in [6.07, 6.45) is 1.08. The number of aryl methyl sites for hydroxylation is 1. The van der Waals surface area contributed by atoms with Gasteiger partial charge in [0.2, 0.25) is 5.13 Å². The van der Waals surface area contributed by atoms with Crippen molar-refractivity contribution in [2.24, 2.45) is 0 Å². The highest BCUT2D eigenvalue weighted by Crippen LogP contribution is 2.25. The SMILES string of the molecule is CCc1ccc(C(C)Nc2nc(C(C)(C)C)ns2)cc1. The summed E-state index contributed by atoms with van der Waals surface area (Å²) in [4.78, 5) is 4.58. The summed E-state index contributed by atoms with van der Waals surface area (Å²) in [7, 11) is 0. The third-order valence-corrected chi connectivity index (χ3v) is 3.97. The van der Waals surface area contributed by atoms with Crippen LogP contribution in [0.15, 0.2) is 24.3 Å². The number of hydrogen-bond donors (Lipinski definition) is 1. The van der Waals surface area contributed by atoms with Crippen molar-refractivity contribution >= 4 is 16.7 Å². The smallest absolute Gasteiger partial charge is 0.203 e. The van der Waals surface area contributed by atoms with E-state index in [-0.39, 0.29) is 11.5 Å². The predicted octanol–water partition coefficient (Wildman–Crippen LogP) is 4.57. The molecule has 2 rings (SSSR count). The van der Waals surface area contributed by atoms with Gasteiger partial charge < -0.3 is 5.32 Å². The van der Waals surface area contributed by atoms with Crippen LogP contribution in [0.4, 0.5) is 5.13 Å². The third-order valence-electron chi connectivity index (χ3n) is 3.32. The minimum atomic E-state index is 0.00242. The molecule has 0 radical (unpaired) electrons. The molecule has 3 nitrogen and oxygen atoms in total. The molecule has 1 unspecified atom stereocenters. The Hall–Kier alpha value is -1.42. The monoisotopic (exact) mass is 289 g/mol. The van der Waals surface area contributed by atoms with Crippen molar-refractivity contribution in [1.82, 2.24) is 9.36 Å². The maximum absolute atomic E-state index is 4.58. The molecule has 108 valence electrons. The Morgan fingerprint density at radius 2 is 1.85 bits per heavy atom. The highest BCUT2D eigenvalue weighted by Gasteiger charge is 2.20. The Labute approximate surface area is 125 Å². The molecular weight excluding hydrogens is 266 g/mol. The predicted molar refractivity (Wildman–Crippen MR) is 86.5 cm³/mol. The topological polar surface area (TPSA) is 37.8 Å². The molecule has 0 saturated carbocycles. The van der Waals surface area contributed by atoms with Crippen LogP contribution in [0, 0.1) is 0 Å². The van der Waals surface area contributed by atoms with E-state index in [0.717, 1.165) is 17.4 Å². The summed E-state index contributed by atoms with van der Waals surface area (Å²) in [5, 5.41) is 4.32. The van der Waals surface area contributed by atoms with Crippen molar-refractivity contribution in [2.45, 2.75) is 52.5 Å². The number of benzene rings is 1. The normalized spacial score (nSPS) is 13.2. The van der Waals surface area contributed by atoms with Crippen molar-refractivity contribution in [2.75, 3.05) is 5.32 Å². The van der Waals surface area contributed by atoms with Crippen molar-refractivity contribution in [3.05, 3.63) is 41.2 Å². The molecule has 20 heavy (non-hydrogen) atoms. The average molecular weight is 289 g/mol. The van der Waals surface area contributed by atoms with E-state index in [4.69, 9.17) is 0 Å². The molecule has 1 N–H and O–H groups in total. The summed E-state index contributed by atoms with van der Waals surface area (Å²) in [5.41, 5.74) is 2.64. The van der Waals surface area contributed by atoms with Crippen LogP contribution in [0.25, 0.3) is 0 Å². The minimum absolute atomic E-state index is 0.00242. The van der Waals surface area contributed by atoms with Crippen molar-refractivity contribution < 1.29 is 0 Å². The maximum Gasteiger partial charge on any atom is 0.203 e. The molecular formula is C16H23N3S. The second-order valence-electron chi connectivity index (χ2n) is 6.13. The molecule has 1 atom stereocenters. The third kappa shape index (κ3) is 3.57. The Morgan fingerprint density at radius 3 is 2.35 bits per heavy atom. The molecule has 0 fully saturated rings. The zero-order chi connectivity index (χ0) is 14.8. The van der Waals surface area contributed by atoms with Gasteiger partial charge in [0, 0.05) is 16.9 Å². The van der Waals surface area contributed by atoms with Gasteiger partial charge in [0.15, 0.2) is 0 Å². The first-order chi connectivity index (χ1) is 9.40. The van der Waals surface area contributed by atoms with E-state index in [1.54, 1.807) is 0 Å². The van der Waals surface area contributed by atoms with Crippen LogP contribution < -0.4 is 5.32 Å². The molecule has 0 amide bonds. The van der Waals surface area contributed by atoms with Gasteiger partial charge in [-0.1, -0.05) is 52.0 Å². The molecule has 0 aliphatic rings. The lowest BCUT2D eigenvalue weighted by Crippen LogP contribution is -2.13. The Balaban J connectivity index is 2.07. The Morgan fingerprint density at radius 1 is 1.20 bits per heavy atom. The van der Waals surface area contributed by atoms with Gasteiger partial charge in [-0.05, 0) is 24.5 Å². The fourth-order valence-electron chi connectivity index (χ4n) is 1.90.